The second kappa shape index (κ2) is 10.4. The van der Waals surface area contributed by atoms with Crippen molar-refractivity contribution in [3.8, 4) is 46.1 Å². The Hall–Kier alpha value is -4.56. The van der Waals surface area contributed by atoms with Gasteiger partial charge in [-0.3, -0.25) is 9.59 Å². The molecule has 0 saturated carbocycles. The van der Waals surface area contributed by atoms with Crippen LogP contribution in [0.1, 0.15) is 0 Å². The van der Waals surface area contributed by atoms with Gasteiger partial charge in [0, 0.05) is 46.3 Å². The van der Waals surface area contributed by atoms with Crippen LogP contribution in [0.3, 0.4) is 0 Å². The van der Waals surface area contributed by atoms with Gasteiger partial charge in [-0.25, -0.2) is 0 Å². The van der Waals surface area contributed by atoms with E-state index < -0.39 is 16.6 Å². The number of hydrogen-bond acceptors (Lipinski definition) is 7. The predicted octanol–water partition coefficient (Wildman–Crippen LogP) is 9.31. The molecule has 0 amide bonds. The van der Waals surface area contributed by atoms with E-state index in [4.69, 9.17) is 0 Å². The first-order valence-electron chi connectivity index (χ1n) is 12.9. The molecule has 3 aromatic heterocycles. The minimum absolute atomic E-state index is 0.132. The highest BCUT2D eigenvalue weighted by molar-refractivity contribution is 7.27. The standard InChI is InChI=1S/C34H21NO3S3/c36-32-31(33(37)34(32)38)30-20-19-29(41-30)28-18-17-27(40-28)26-16-15-25(39-26)21-11-13-24(14-12-21)35(22-7-3-1-4-8-22)23-9-5-2-6-10-23/h1-20,36H. The molecule has 41 heavy (non-hydrogen) atoms. The monoisotopic (exact) mass is 587 g/mol. The zero-order valence-corrected chi connectivity index (χ0v) is 23.9. The molecule has 0 aliphatic carbocycles. The number of nitrogens with zero attached hydrogens (tertiary/aromatic N) is 1. The Bertz CT molecular complexity index is 2000. The predicted molar refractivity (Wildman–Crippen MR) is 173 cm³/mol. The van der Waals surface area contributed by atoms with Gasteiger partial charge in [-0.15, -0.1) is 34.0 Å². The molecule has 0 atom stereocenters. The molecule has 0 aliphatic heterocycles. The molecular formula is C34H21NO3S3. The van der Waals surface area contributed by atoms with Crippen LogP contribution in [0.4, 0.5) is 17.1 Å². The Balaban J connectivity index is 1.13. The highest BCUT2D eigenvalue weighted by atomic mass is 32.1. The lowest BCUT2D eigenvalue weighted by Crippen LogP contribution is -2.31. The second-order valence-electron chi connectivity index (χ2n) is 9.43. The van der Waals surface area contributed by atoms with Gasteiger partial charge in [-0.1, -0.05) is 48.5 Å². The fraction of sp³-hybridized carbons (Fsp3) is 0. The van der Waals surface area contributed by atoms with Crippen molar-refractivity contribution in [1.82, 2.24) is 0 Å². The molecule has 7 heteroatoms. The SMILES string of the molecule is O=c1c(O)c(-c2ccc(-c3ccc(-c4ccc(-c5ccc(N(c6ccccc6)c6ccccc6)cc5)s4)s3)s2)c1=O. The third-order valence-electron chi connectivity index (χ3n) is 6.87. The van der Waals surface area contributed by atoms with Crippen LogP contribution in [-0.2, 0) is 0 Å². The van der Waals surface area contributed by atoms with Crippen LogP contribution in [0.5, 0.6) is 5.75 Å². The normalized spacial score (nSPS) is 11.2. The average molecular weight is 588 g/mol. The summed E-state index contributed by atoms with van der Waals surface area (Å²) in [6, 6.07) is 41.7. The number of anilines is 3. The molecule has 0 spiro atoms. The van der Waals surface area contributed by atoms with Gasteiger partial charge in [-0.2, -0.15) is 0 Å². The van der Waals surface area contributed by atoms with Gasteiger partial charge in [0.25, 0.3) is 5.43 Å². The Morgan fingerprint density at radius 3 is 1.37 bits per heavy atom. The number of para-hydroxylation sites is 2. The zero-order valence-electron chi connectivity index (χ0n) is 21.5. The van der Waals surface area contributed by atoms with E-state index in [2.05, 4.69) is 102 Å². The Kier molecular flexibility index (Phi) is 6.47. The highest BCUT2D eigenvalue weighted by Gasteiger charge is 2.23. The molecule has 0 fully saturated rings. The molecule has 1 N–H and O–H groups in total. The van der Waals surface area contributed by atoms with E-state index in [0.29, 0.717) is 4.88 Å². The van der Waals surface area contributed by atoms with E-state index in [-0.39, 0.29) is 5.56 Å². The number of rotatable bonds is 7. The van der Waals surface area contributed by atoms with E-state index in [1.54, 1.807) is 28.7 Å². The van der Waals surface area contributed by atoms with Gasteiger partial charge in [0.05, 0.1) is 5.56 Å². The summed E-state index contributed by atoms with van der Waals surface area (Å²) in [6.07, 6.45) is 0. The number of hydrogen-bond donors (Lipinski definition) is 1. The second-order valence-corrected chi connectivity index (χ2v) is 12.7. The highest BCUT2D eigenvalue weighted by Crippen LogP contribution is 2.44. The van der Waals surface area contributed by atoms with Gasteiger partial charge in [0.15, 0.2) is 5.75 Å². The minimum atomic E-state index is -0.804. The van der Waals surface area contributed by atoms with Crippen LogP contribution in [0, 0.1) is 0 Å². The van der Waals surface area contributed by atoms with Crippen LogP contribution >= 0.6 is 34.0 Å². The summed E-state index contributed by atoms with van der Waals surface area (Å²) in [6.45, 7) is 0. The first-order chi connectivity index (χ1) is 20.1. The third-order valence-corrected chi connectivity index (χ3v) is 10.6. The summed E-state index contributed by atoms with van der Waals surface area (Å²) in [5.74, 6) is -0.428. The molecular weight excluding hydrogens is 567 g/mol. The third kappa shape index (κ3) is 4.64. The number of thiophene rings is 3. The smallest absolute Gasteiger partial charge is 0.268 e. The first kappa shape index (κ1) is 25.4. The van der Waals surface area contributed by atoms with Crippen molar-refractivity contribution >= 4 is 51.1 Å². The van der Waals surface area contributed by atoms with Crippen LogP contribution in [-0.4, -0.2) is 5.11 Å². The summed E-state index contributed by atoms with van der Waals surface area (Å²) in [5, 5.41) is 9.79. The molecule has 0 bridgehead atoms. The summed E-state index contributed by atoms with van der Waals surface area (Å²) in [5.41, 5.74) is 3.19. The zero-order chi connectivity index (χ0) is 27.9. The molecule has 198 valence electrons. The van der Waals surface area contributed by atoms with Crippen molar-refractivity contribution in [1.29, 1.82) is 0 Å². The Morgan fingerprint density at radius 1 is 0.439 bits per heavy atom. The van der Waals surface area contributed by atoms with Crippen molar-refractivity contribution in [2.24, 2.45) is 0 Å². The quantitative estimate of drug-likeness (QED) is 0.189. The maximum Gasteiger partial charge on any atom is 0.268 e. The molecule has 0 unspecified atom stereocenters. The minimum Gasteiger partial charge on any atom is -0.503 e. The maximum absolute atomic E-state index is 11.8. The van der Waals surface area contributed by atoms with Crippen molar-refractivity contribution in [3.05, 3.63) is 142 Å². The van der Waals surface area contributed by atoms with Crippen LogP contribution in [0.2, 0.25) is 0 Å². The van der Waals surface area contributed by atoms with E-state index in [9.17, 15) is 14.7 Å². The van der Waals surface area contributed by atoms with Gasteiger partial charge >= 0.3 is 0 Å². The number of benzene rings is 3. The molecule has 4 aromatic carbocycles. The molecule has 0 aliphatic rings. The number of aromatic hydroxyl groups is 1. The molecule has 7 rings (SSSR count). The van der Waals surface area contributed by atoms with Crippen molar-refractivity contribution in [3.63, 3.8) is 0 Å². The van der Waals surface area contributed by atoms with E-state index in [1.807, 2.05) is 18.2 Å². The molecule has 0 saturated heterocycles. The van der Waals surface area contributed by atoms with Crippen molar-refractivity contribution < 1.29 is 5.11 Å². The van der Waals surface area contributed by atoms with Crippen LogP contribution in [0.25, 0.3) is 40.4 Å². The summed E-state index contributed by atoms with van der Waals surface area (Å²) in [7, 11) is 0. The van der Waals surface area contributed by atoms with Gasteiger partial charge in [-0.05, 0) is 78.4 Å². The molecule has 4 nitrogen and oxygen atoms in total. The molecule has 3 heterocycles. The van der Waals surface area contributed by atoms with Crippen LogP contribution in [0.15, 0.2) is 131 Å². The summed E-state index contributed by atoms with van der Waals surface area (Å²) < 4.78 is 0. The lowest BCUT2D eigenvalue weighted by Gasteiger charge is -2.25. The van der Waals surface area contributed by atoms with E-state index in [0.717, 1.165) is 26.8 Å². The van der Waals surface area contributed by atoms with Crippen molar-refractivity contribution in [2.75, 3.05) is 4.90 Å². The molecule has 0 radical (unpaired) electrons. The van der Waals surface area contributed by atoms with Gasteiger partial charge in [0.1, 0.15) is 0 Å². The van der Waals surface area contributed by atoms with Gasteiger partial charge in [0.2, 0.25) is 5.43 Å². The van der Waals surface area contributed by atoms with Crippen molar-refractivity contribution in [2.45, 2.75) is 0 Å². The summed E-state index contributed by atoms with van der Waals surface area (Å²) >= 11 is 4.85. The average Bonchev–Trinajstić information content (AvgIpc) is 3.80. The van der Waals surface area contributed by atoms with E-state index in [1.165, 1.54) is 31.5 Å². The van der Waals surface area contributed by atoms with Gasteiger partial charge < -0.3 is 10.0 Å². The lowest BCUT2D eigenvalue weighted by atomic mass is 10.1. The lowest BCUT2D eigenvalue weighted by molar-refractivity contribution is 0.466. The topological polar surface area (TPSA) is 57.6 Å². The fourth-order valence-corrected chi connectivity index (χ4v) is 8.06. The summed E-state index contributed by atoms with van der Waals surface area (Å²) in [4.78, 5) is 31.8. The Labute approximate surface area is 248 Å². The largest absolute Gasteiger partial charge is 0.503 e. The van der Waals surface area contributed by atoms with Crippen LogP contribution < -0.4 is 15.8 Å². The fourth-order valence-electron chi connectivity index (χ4n) is 4.82. The molecule has 7 aromatic rings. The Morgan fingerprint density at radius 2 is 0.854 bits per heavy atom. The maximum atomic E-state index is 11.8. The van der Waals surface area contributed by atoms with E-state index >= 15 is 0 Å². The first-order valence-corrected chi connectivity index (χ1v) is 15.4.